The van der Waals surface area contributed by atoms with Crippen LogP contribution in [0, 0.1) is 25.7 Å². The zero-order valence-corrected chi connectivity index (χ0v) is 12.3. The molecule has 0 saturated heterocycles. The normalized spacial score (nSPS) is 15.8. The highest BCUT2D eigenvalue weighted by Crippen LogP contribution is 2.31. The SMILES string of the molecule is Cc1ccc(C)c(C(C)C(C)CC(CN)C(=O)O)c1. The van der Waals surface area contributed by atoms with E-state index in [4.69, 9.17) is 10.8 Å². The standard InChI is InChI=1S/C16H25NO2/c1-10-5-6-11(2)15(7-10)13(4)12(3)8-14(9-17)16(18)19/h5-7,12-14H,8-9,17H2,1-4H3,(H,18,19). The Labute approximate surface area is 115 Å². The van der Waals surface area contributed by atoms with Gasteiger partial charge in [0.1, 0.15) is 0 Å². The molecule has 3 N–H and O–H groups in total. The van der Waals surface area contributed by atoms with Crippen molar-refractivity contribution in [2.24, 2.45) is 17.6 Å². The van der Waals surface area contributed by atoms with Crippen LogP contribution in [0.5, 0.6) is 0 Å². The molecule has 0 bridgehead atoms. The van der Waals surface area contributed by atoms with Gasteiger partial charge in [-0.25, -0.2) is 0 Å². The number of hydrogen-bond donors (Lipinski definition) is 2. The van der Waals surface area contributed by atoms with Gasteiger partial charge in [0.25, 0.3) is 0 Å². The third kappa shape index (κ3) is 4.06. The molecule has 3 atom stereocenters. The van der Waals surface area contributed by atoms with Gasteiger partial charge < -0.3 is 10.8 Å². The van der Waals surface area contributed by atoms with Crippen molar-refractivity contribution in [3.05, 3.63) is 34.9 Å². The highest BCUT2D eigenvalue weighted by atomic mass is 16.4. The maximum Gasteiger partial charge on any atom is 0.307 e. The number of aliphatic carboxylic acids is 1. The fraction of sp³-hybridized carbons (Fsp3) is 0.562. The Hall–Kier alpha value is -1.35. The predicted molar refractivity (Wildman–Crippen MR) is 78.3 cm³/mol. The van der Waals surface area contributed by atoms with Crippen molar-refractivity contribution in [1.29, 1.82) is 0 Å². The molecule has 106 valence electrons. The Balaban J connectivity index is 2.84. The monoisotopic (exact) mass is 263 g/mol. The van der Waals surface area contributed by atoms with Crippen LogP contribution in [0.15, 0.2) is 18.2 Å². The fourth-order valence-electron chi connectivity index (χ4n) is 2.51. The first-order chi connectivity index (χ1) is 8.86. The van der Waals surface area contributed by atoms with E-state index in [1.807, 2.05) is 0 Å². The third-order valence-corrected chi connectivity index (χ3v) is 4.07. The molecule has 3 heteroatoms. The van der Waals surface area contributed by atoms with Crippen LogP contribution in [0.2, 0.25) is 0 Å². The summed E-state index contributed by atoms with van der Waals surface area (Å²) < 4.78 is 0. The van der Waals surface area contributed by atoms with Gasteiger partial charge in [0.05, 0.1) is 5.92 Å². The van der Waals surface area contributed by atoms with E-state index in [2.05, 4.69) is 45.9 Å². The van der Waals surface area contributed by atoms with E-state index < -0.39 is 11.9 Å². The summed E-state index contributed by atoms with van der Waals surface area (Å²) in [5.74, 6) is -0.594. The van der Waals surface area contributed by atoms with E-state index >= 15 is 0 Å². The average Bonchev–Trinajstić information content (AvgIpc) is 2.37. The first-order valence-electron chi connectivity index (χ1n) is 6.86. The molecule has 0 aromatic heterocycles. The first kappa shape index (κ1) is 15.7. The largest absolute Gasteiger partial charge is 0.481 e. The molecule has 0 spiro atoms. The van der Waals surface area contributed by atoms with E-state index in [-0.39, 0.29) is 6.54 Å². The maximum absolute atomic E-state index is 11.1. The lowest BCUT2D eigenvalue weighted by molar-refractivity contribution is -0.142. The van der Waals surface area contributed by atoms with E-state index in [1.54, 1.807) is 0 Å². The molecule has 3 nitrogen and oxygen atoms in total. The fourth-order valence-corrected chi connectivity index (χ4v) is 2.51. The van der Waals surface area contributed by atoms with Crippen LogP contribution in [0.1, 0.15) is 42.9 Å². The summed E-state index contributed by atoms with van der Waals surface area (Å²) in [5.41, 5.74) is 9.36. The van der Waals surface area contributed by atoms with E-state index in [9.17, 15) is 4.79 Å². The zero-order chi connectivity index (χ0) is 14.6. The quantitative estimate of drug-likeness (QED) is 0.829. The van der Waals surface area contributed by atoms with Crippen LogP contribution < -0.4 is 5.73 Å². The molecule has 0 aliphatic heterocycles. The minimum atomic E-state index is -0.789. The van der Waals surface area contributed by atoms with Crippen LogP contribution in [-0.2, 0) is 4.79 Å². The van der Waals surface area contributed by atoms with E-state index in [1.165, 1.54) is 16.7 Å². The molecule has 0 aliphatic carbocycles. The van der Waals surface area contributed by atoms with Gasteiger partial charge in [-0.2, -0.15) is 0 Å². The highest BCUT2D eigenvalue weighted by Gasteiger charge is 2.23. The van der Waals surface area contributed by atoms with Crippen molar-refractivity contribution in [3.8, 4) is 0 Å². The number of carboxylic acid groups (broad SMARTS) is 1. The number of benzene rings is 1. The lowest BCUT2D eigenvalue weighted by atomic mass is 9.81. The summed E-state index contributed by atoms with van der Waals surface area (Å²) in [6.07, 6.45) is 0.625. The molecule has 0 radical (unpaired) electrons. The van der Waals surface area contributed by atoms with Crippen LogP contribution in [-0.4, -0.2) is 17.6 Å². The van der Waals surface area contributed by atoms with Gasteiger partial charge in [-0.3, -0.25) is 4.79 Å². The average molecular weight is 263 g/mol. The van der Waals surface area contributed by atoms with Crippen molar-refractivity contribution in [2.45, 2.75) is 40.0 Å². The molecule has 3 unspecified atom stereocenters. The Morgan fingerprint density at radius 1 is 1.32 bits per heavy atom. The third-order valence-electron chi connectivity index (χ3n) is 4.07. The lowest BCUT2D eigenvalue weighted by Gasteiger charge is -2.24. The zero-order valence-electron chi connectivity index (χ0n) is 12.3. The van der Waals surface area contributed by atoms with Gasteiger partial charge in [0, 0.05) is 6.54 Å². The molecule has 0 saturated carbocycles. The van der Waals surface area contributed by atoms with Crippen LogP contribution >= 0.6 is 0 Å². The Morgan fingerprint density at radius 2 is 1.95 bits per heavy atom. The van der Waals surface area contributed by atoms with Crippen molar-refractivity contribution < 1.29 is 9.90 Å². The number of aryl methyl sites for hydroxylation is 2. The number of hydrogen-bond acceptors (Lipinski definition) is 2. The Kier molecular flexibility index (Phi) is 5.55. The molecule has 1 rings (SSSR count). The second-order valence-corrected chi connectivity index (χ2v) is 5.63. The summed E-state index contributed by atoms with van der Waals surface area (Å²) in [5, 5.41) is 9.09. The van der Waals surface area contributed by atoms with Gasteiger partial charge in [-0.1, -0.05) is 37.6 Å². The molecule has 1 aromatic rings. The molecule has 1 aromatic carbocycles. The van der Waals surface area contributed by atoms with Gasteiger partial charge >= 0.3 is 5.97 Å². The summed E-state index contributed by atoms with van der Waals surface area (Å²) in [7, 11) is 0. The lowest BCUT2D eigenvalue weighted by Crippen LogP contribution is -2.26. The predicted octanol–water partition coefficient (Wildman–Crippen LogP) is 3.09. The summed E-state index contributed by atoms with van der Waals surface area (Å²) in [4.78, 5) is 11.1. The van der Waals surface area contributed by atoms with Crippen molar-refractivity contribution >= 4 is 5.97 Å². The van der Waals surface area contributed by atoms with Gasteiger partial charge in [0.2, 0.25) is 0 Å². The number of rotatable bonds is 6. The number of carbonyl (C=O) groups is 1. The minimum absolute atomic E-state index is 0.208. The Morgan fingerprint density at radius 3 is 2.47 bits per heavy atom. The molecular formula is C16H25NO2. The molecule has 0 fully saturated rings. The number of nitrogens with two attached hydrogens (primary N) is 1. The summed E-state index contributed by atoms with van der Waals surface area (Å²) >= 11 is 0. The van der Waals surface area contributed by atoms with Crippen molar-refractivity contribution in [2.75, 3.05) is 6.54 Å². The summed E-state index contributed by atoms with van der Waals surface area (Å²) in [6, 6.07) is 6.44. The summed E-state index contributed by atoms with van der Waals surface area (Å²) in [6.45, 7) is 8.68. The van der Waals surface area contributed by atoms with E-state index in [0.29, 0.717) is 18.3 Å². The van der Waals surface area contributed by atoms with Crippen molar-refractivity contribution in [3.63, 3.8) is 0 Å². The van der Waals surface area contributed by atoms with Gasteiger partial charge in [-0.05, 0) is 43.2 Å². The minimum Gasteiger partial charge on any atom is -0.481 e. The van der Waals surface area contributed by atoms with Crippen molar-refractivity contribution in [1.82, 2.24) is 0 Å². The molecule has 0 heterocycles. The topological polar surface area (TPSA) is 63.3 Å². The molecule has 0 amide bonds. The second kappa shape index (κ2) is 6.71. The Bertz CT molecular complexity index is 442. The molecule has 19 heavy (non-hydrogen) atoms. The van der Waals surface area contributed by atoms with Crippen LogP contribution in [0.4, 0.5) is 0 Å². The highest BCUT2D eigenvalue weighted by molar-refractivity contribution is 5.70. The van der Waals surface area contributed by atoms with E-state index in [0.717, 1.165) is 0 Å². The molecule has 0 aliphatic rings. The second-order valence-electron chi connectivity index (χ2n) is 5.63. The van der Waals surface area contributed by atoms with Gasteiger partial charge in [-0.15, -0.1) is 0 Å². The first-order valence-corrected chi connectivity index (χ1v) is 6.86. The maximum atomic E-state index is 11.1. The molecular weight excluding hydrogens is 238 g/mol. The van der Waals surface area contributed by atoms with Crippen LogP contribution in [0.25, 0.3) is 0 Å². The smallest absolute Gasteiger partial charge is 0.307 e. The van der Waals surface area contributed by atoms with Crippen LogP contribution in [0.3, 0.4) is 0 Å². The number of carboxylic acids is 1. The van der Waals surface area contributed by atoms with Gasteiger partial charge in [0.15, 0.2) is 0 Å².